The molecule has 20 heavy (non-hydrogen) atoms. The number of nitrogens with two attached hydrogens (primary N) is 1. The van der Waals surface area contributed by atoms with Crippen LogP contribution >= 0.6 is 0 Å². The zero-order chi connectivity index (χ0) is 15.3. The Balaban J connectivity index is 2.78. The highest BCUT2D eigenvalue weighted by Crippen LogP contribution is 2.18. The molecular weight excluding hydrogens is 256 g/mol. The first-order chi connectivity index (χ1) is 9.35. The number of amides is 1. The van der Waals surface area contributed by atoms with Crippen LogP contribution in [-0.4, -0.2) is 25.0 Å². The summed E-state index contributed by atoms with van der Waals surface area (Å²) < 4.78 is 4.65. The van der Waals surface area contributed by atoms with E-state index in [1.54, 1.807) is 18.2 Å². The summed E-state index contributed by atoms with van der Waals surface area (Å²) in [5.41, 5.74) is 7.73. The monoisotopic (exact) mass is 278 g/mol. The van der Waals surface area contributed by atoms with Crippen LogP contribution in [0.25, 0.3) is 0 Å². The maximum absolute atomic E-state index is 11.9. The molecule has 0 heterocycles. The maximum Gasteiger partial charge on any atom is 0.337 e. The number of hydrogen-bond acceptors (Lipinski definition) is 4. The number of carbonyl (C=O) groups is 2. The van der Waals surface area contributed by atoms with Gasteiger partial charge in [-0.2, -0.15) is 0 Å². The van der Waals surface area contributed by atoms with E-state index in [1.807, 2.05) is 20.8 Å². The molecule has 0 aromatic heterocycles. The third kappa shape index (κ3) is 4.35. The Bertz CT molecular complexity index is 498. The number of nitrogens with one attached hydrogen (secondary N) is 1. The van der Waals surface area contributed by atoms with Crippen molar-refractivity contribution >= 4 is 17.6 Å². The van der Waals surface area contributed by atoms with Gasteiger partial charge in [-0.3, -0.25) is 4.79 Å². The first-order valence-corrected chi connectivity index (χ1v) is 6.60. The Morgan fingerprint density at radius 1 is 1.35 bits per heavy atom. The molecule has 0 aliphatic heterocycles. The van der Waals surface area contributed by atoms with Gasteiger partial charge in [0.2, 0.25) is 5.91 Å². The molecule has 0 fully saturated rings. The molecule has 0 unspecified atom stereocenters. The summed E-state index contributed by atoms with van der Waals surface area (Å²) in [7, 11) is 1.33. The number of anilines is 1. The molecule has 0 aliphatic rings. The Morgan fingerprint density at radius 3 is 2.50 bits per heavy atom. The van der Waals surface area contributed by atoms with Crippen molar-refractivity contribution in [3.05, 3.63) is 29.3 Å². The van der Waals surface area contributed by atoms with Crippen LogP contribution in [0.15, 0.2) is 18.2 Å². The van der Waals surface area contributed by atoms with E-state index in [0.717, 1.165) is 5.56 Å². The van der Waals surface area contributed by atoms with E-state index < -0.39 is 12.0 Å². The Morgan fingerprint density at radius 2 is 2.00 bits per heavy atom. The zero-order valence-electron chi connectivity index (χ0n) is 12.4. The van der Waals surface area contributed by atoms with E-state index in [2.05, 4.69) is 10.1 Å². The largest absolute Gasteiger partial charge is 0.465 e. The highest BCUT2D eigenvalue weighted by atomic mass is 16.5. The number of esters is 1. The van der Waals surface area contributed by atoms with E-state index in [9.17, 15) is 9.59 Å². The molecule has 0 spiro atoms. The van der Waals surface area contributed by atoms with Crippen molar-refractivity contribution in [1.29, 1.82) is 0 Å². The van der Waals surface area contributed by atoms with Crippen molar-refractivity contribution < 1.29 is 14.3 Å². The summed E-state index contributed by atoms with van der Waals surface area (Å²) in [6.07, 6.45) is 0.630. The summed E-state index contributed by atoms with van der Waals surface area (Å²) in [5, 5.41) is 2.78. The Labute approximate surface area is 119 Å². The quantitative estimate of drug-likeness (QED) is 0.808. The van der Waals surface area contributed by atoms with Crippen molar-refractivity contribution in [2.75, 3.05) is 12.4 Å². The van der Waals surface area contributed by atoms with Gasteiger partial charge in [0.1, 0.15) is 0 Å². The molecule has 0 aliphatic carbocycles. The van der Waals surface area contributed by atoms with Crippen LogP contribution in [0.3, 0.4) is 0 Å². The Hall–Kier alpha value is -1.88. The van der Waals surface area contributed by atoms with Gasteiger partial charge in [0.25, 0.3) is 0 Å². The predicted octanol–water partition coefficient (Wildman–Crippen LogP) is 2.09. The van der Waals surface area contributed by atoms with Crippen molar-refractivity contribution in [2.24, 2.45) is 11.7 Å². The normalized spacial score (nSPS) is 12.1. The standard InChI is InChI=1S/C15H22N2O3/c1-9(2)7-12(16)14(18)17-13-6-5-11(8-10(13)3)15(19)20-4/h5-6,8-9,12H,7,16H2,1-4H3,(H,17,18)/t12-/m0/s1. The summed E-state index contributed by atoms with van der Waals surface area (Å²) >= 11 is 0. The van der Waals surface area contributed by atoms with E-state index in [1.165, 1.54) is 7.11 Å². The smallest absolute Gasteiger partial charge is 0.337 e. The predicted molar refractivity (Wildman–Crippen MR) is 78.6 cm³/mol. The van der Waals surface area contributed by atoms with Gasteiger partial charge in [0, 0.05) is 5.69 Å². The van der Waals surface area contributed by atoms with Gasteiger partial charge in [0.15, 0.2) is 0 Å². The van der Waals surface area contributed by atoms with Gasteiger partial charge >= 0.3 is 5.97 Å². The minimum atomic E-state index is -0.533. The molecule has 0 saturated carbocycles. The molecular formula is C15H22N2O3. The van der Waals surface area contributed by atoms with Crippen LogP contribution in [0.1, 0.15) is 36.2 Å². The SMILES string of the molecule is COC(=O)c1ccc(NC(=O)[C@@H](N)CC(C)C)c(C)c1. The fraction of sp³-hybridized carbons (Fsp3) is 0.467. The van der Waals surface area contributed by atoms with E-state index in [0.29, 0.717) is 23.6 Å². The van der Waals surface area contributed by atoms with Gasteiger partial charge in [0.05, 0.1) is 18.7 Å². The van der Waals surface area contributed by atoms with Crippen molar-refractivity contribution in [3.63, 3.8) is 0 Å². The van der Waals surface area contributed by atoms with Crippen molar-refractivity contribution in [2.45, 2.75) is 33.2 Å². The molecule has 1 aromatic rings. The lowest BCUT2D eigenvalue weighted by Crippen LogP contribution is -2.36. The van der Waals surface area contributed by atoms with Crippen LogP contribution in [-0.2, 0) is 9.53 Å². The summed E-state index contributed by atoms with van der Waals surface area (Å²) in [4.78, 5) is 23.3. The lowest BCUT2D eigenvalue weighted by atomic mass is 10.0. The molecule has 1 rings (SSSR count). The van der Waals surface area contributed by atoms with E-state index in [4.69, 9.17) is 5.73 Å². The zero-order valence-corrected chi connectivity index (χ0v) is 12.4. The number of rotatable bonds is 5. The third-order valence-corrected chi connectivity index (χ3v) is 2.97. The fourth-order valence-corrected chi connectivity index (χ4v) is 1.89. The van der Waals surface area contributed by atoms with Crippen LogP contribution in [0.5, 0.6) is 0 Å². The van der Waals surface area contributed by atoms with Crippen molar-refractivity contribution in [3.8, 4) is 0 Å². The number of benzene rings is 1. The third-order valence-electron chi connectivity index (χ3n) is 2.97. The number of carbonyl (C=O) groups excluding carboxylic acids is 2. The van der Waals surface area contributed by atoms with E-state index >= 15 is 0 Å². The lowest BCUT2D eigenvalue weighted by Gasteiger charge is -2.15. The van der Waals surface area contributed by atoms with E-state index in [-0.39, 0.29) is 5.91 Å². The number of ether oxygens (including phenoxy) is 1. The van der Waals surface area contributed by atoms with Crippen LogP contribution in [0.4, 0.5) is 5.69 Å². The first-order valence-electron chi connectivity index (χ1n) is 6.60. The molecule has 0 bridgehead atoms. The molecule has 0 radical (unpaired) electrons. The van der Waals surface area contributed by atoms with Gasteiger partial charge in [-0.05, 0) is 43.0 Å². The highest BCUT2D eigenvalue weighted by Gasteiger charge is 2.16. The molecule has 5 heteroatoms. The minimum absolute atomic E-state index is 0.215. The van der Waals surface area contributed by atoms with Crippen molar-refractivity contribution in [1.82, 2.24) is 0 Å². The fourth-order valence-electron chi connectivity index (χ4n) is 1.89. The first kappa shape index (κ1) is 16.2. The summed E-state index contributed by atoms with van der Waals surface area (Å²) in [6.45, 7) is 5.85. The molecule has 5 nitrogen and oxygen atoms in total. The molecule has 1 amide bonds. The second-order valence-corrected chi connectivity index (χ2v) is 5.25. The lowest BCUT2D eigenvalue weighted by molar-refractivity contribution is -0.117. The Kier molecular flexibility index (Phi) is 5.70. The second-order valence-electron chi connectivity index (χ2n) is 5.25. The van der Waals surface area contributed by atoms with Gasteiger partial charge in [-0.15, -0.1) is 0 Å². The average molecular weight is 278 g/mol. The molecule has 0 saturated heterocycles. The van der Waals surface area contributed by atoms with Gasteiger partial charge < -0.3 is 15.8 Å². The topological polar surface area (TPSA) is 81.4 Å². The molecule has 3 N–H and O–H groups in total. The minimum Gasteiger partial charge on any atom is -0.465 e. The molecule has 110 valence electrons. The highest BCUT2D eigenvalue weighted by molar-refractivity contribution is 5.96. The van der Waals surface area contributed by atoms with Crippen LogP contribution in [0.2, 0.25) is 0 Å². The van der Waals surface area contributed by atoms with Crippen LogP contribution in [0, 0.1) is 12.8 Å². The molecule has 1 atom stereocenters. The molecule has 1 aromatic carbocycles. The number of aryl methyl sites for hydroxylation is 1. The summed E-state index contributed by atoms with van der Waals surface area (Å²) in [6, 6.07) is 4.44. The number of methoxy groups -OCH3 is 1. The van der Waals surface area contributed by atoms with Gasteiger partial charge in [-0.1, -0.05) is 13.8 Å². The van der Waals surface area contributed by atoms with Gasteiger partial charge in [-0.25, -0.2) is 4.79 Å². The summed E-state index contributed by atoms with van der Waals surface area (Å²) in [5.74, 6) is -0.256. The average Bonchev–Trinajstić information content (AvgIpc) is 2.39. The van der Waals surface area contributed by atoms with Crippen LogP contribution < -0.4 is 11.1 Å². The number of hydrogen-bond donors (Lipinski definition) is 2. The maximum atomic E-state index is 11.9. The second kappa shape index (κ2) is 7.05.